The molecule has 2 heterocycles. The third-order valence-corrected chi connectivity index (χ3v) is 5.12. The lowest BCUT2D eigenvalue weighted by atomic mass is 10.2. The van der Waals surface area contributed by atoms with Crippen LogP contribution in [0, 0.1) is 0 Å². The molecule has 2 N–H and O–H groups in total. The number of halogens is 3. The minimum Gasteiger partial charge on any atom is -0.360 e. The number of nitrogens with one attached hydrogen (secondary N) is 2. The molecule has 9 heteroatoms. The van der Waals surface area contributed by atoms with Crippen molar-refractivity contribution in [3.63, 3.8) is 0 Å². The zero-order valence-electron chi connectivity index (χ0n) is 10.8. The van der Waals surface area contributed by atoms with Crippen LogP contribution in [-0.4, -0.2) is 18.4 Å². The summed E-state index contributed by atoms with van der Waals surface area (Å²) >= 11 is 17.5. The van der Waals surface area contributed by atoms with E-state index < -0.39 is 10.0 Å². The van der Waals surface area contributed by atoms with Crippen molar-refractivity contribution in [1.82, 2.24) is 9.97 Å². The minimum absolute atomic E-state index is 0.0881. The maximum absolute atomic E-state index is 12.5. The minimum atomic E-state index is -3.84. The van der Waals surface area contributed by atoms with Gasteiger partial charge in [-0.2, -0.15) is 0 Å². The van der Waals surface area contributed by atoms with E-state index in [9.17, 15) is 8.42 Å². The number of sulfonamides is 1. The molecule has 0 spiro atoms. The number of benzene rings is 1. The number of H-pyrrole nitrogens is 1. The SMILES string of the molecule is O=S(=O)(Nc1cnc(Cl)cc1Cl)c1c[nH]c2cc(Cl)ccc12. The molecule has 0 saturated heterocycles. The van der Waals surface area contributed by atoms with Crippen LogP contribution in [0.25, 0.3) is 10.9 Å². The van der Waals surface area contributed by atoms with Crippen molar-refractivity contribution in [3.05, 3.63) is 51.9 Å². The van der Waals surface area contributed by atoms with Crippen LogP contribution in [0.4, 0.5) is 5.69 Å². The van der Waals surface area contributed by atoms with Gasteiger partial charge in [0.2, 0.25) is 0 Å². The second-order valence-electron chi connectivity index (χ2n) is 4.44. The van der Waals surface area contributed by atoms with Crippen LogP contribution in [0.15, 0.2) is 41.6 Å². The first-order valence-electron chi connectivity index (χ1n) is 5.97. The first-order chi connectivity index (χ1) is 10.4. The van der Waals surface area contributed by atoms with Gasteiger partial charge in [0, 0.05) is 22.1 Å². The molecule has 0 bridgehead atoms. The molecule has 22 heavy (non-hydrogen) atoms. The average molecular weight is 377 g/mol. The first-order valence-corrected chi connectivity index (χ1v) is 8.59. The number of pyridine rings is 1. The van der Waals surface area contributed by atoms with Crippen LogP contribution in [0.2, 0.25) is 15.2 Å². The van der Waals surface area contributed by atoms with Gasteiger partial charge < -0.3 is 4.98 Å². The van der Waals surface area contributed by atoms with E-state index in [4.69, 9.17) is 34.8 Å². The Morgan fingerprint density at radius 3 is 2.64 bits per heavy atom. The van der Waals surface area contributed by atoms with E-state index in [-0.39, 0.29) is 20.8 Å². The zero-order chi connectivity index (χ0) is 15.9. The number of aromatic nitrogens is 2. The van der Waals surface area contributed by atoms with Gasteiger partial charge >= 0.3 is 0 Å². The summed E-state index contributed by atoms with van der Waals surface area (Å²) in [5.41, 5.74) is 0.766. The molecule has 3 aromatic rings. The Labute approximate surface area is 141 Å². The molecule has 0 atom stereocenters. The maximum Gasteiger partial charge on any atom is 0.264 e. The van der Waals surface area contributed by atoms with Crippen LogP contribution in [0.3, 0.4) is 0 Å². The molecule has 0 saturated carbocycles. The van der Waals surface area contributed by atoms with Gasteiger partial charge in [-0.05, 0) is 24.3 Å². The number of aromatic amines is 1. The van der Waals surface area contributed by atoms with Gasteiger partial charge in [-0.3, -0.25) is 4.72 Å². The van der Waals surface area contributed by atoms with E-state index in [1.807, 2.05) is 0 Å². The van der Waals surface area contributed by atoms with E-state index in [1.165, 1.54) is 18.5 Å². The molecule has 0 aliphatic carbocycles. The number of anilines is 1. The summed E-state index contributed by atoms with van der Waals surface area (Å²) in [6.45, 7) is 0. The molecular weight excluding hydrogens is 369 g/mol. The largest absolute Gasteiger partial charge is 0.360 e. The highest BCUT2D eigenvalue weighted by Crippen LogP contribution is 2.29. The molecule has 0 fully saturated rings. The van der Waals surface area contributed by atoms with E-state index >= 15 is 0 Å². The molecule has 0 amide bonds. The third kappa shape index (κ3) is 2.87. The standard InChI is InChI=1S/C13H8Cl3N3O2S/c14-7-1-2-8-10(3-7)17-6-12(8)22(20,21)19-11-5-18-13(16)4-9(11)15/h1-6,17,19H. The van der Waals surface area contributed by atoms with Crippen LogP contribution in [-0.2, 0) is 10.0 Å². The highest BCUT2D eigenvalue weighted by molar-refractivity contribution is 7.93. The van der Waals surface area contributed by atoms with Gasteiger partial charge in [0.25, 0.3) is 10.0 Å². The van der Waals surface area contributed by atoms with Crippen molar-refractivity contribution in [3.8, 4) is 0 Å². The van der Waals surface area contributed by atoms with Gasteiger partial charge in [-0.15, -0.1) is 0 Å². The molecule has 0 aliphatic rings. The number of nitrogens with zero attached hydrogens (tertiary/aromatic N) is 1. The molecular formula is C13H8Cl3N3O2S. The van der Waals surface area contributed by atoms with Crippen LogP contribution in [0.5, 0.6) is 0 Å². The molecule has 5 nitrogen and oxygen atoms in total. The maximum atomic E-state index is 12.5. The average Bonchev–Trinajstić information content (AvgIpc) is 2.85. The first kappa shape index (κ1) is 15.4. The van der Waals surface area contributed by atoms with Crippen molar-refractivity contribution in [2.24, 2.45) is 0 Å². The molecule has 2 aromatic heterocycles. The Kier molecular flexibility index (Phi) is 3.94. The third-order valence-electron chi connectivity index (χ3n) is 2.96. The van der Waals surface area contributed by atoms with Crippen molar-refractivity contribution in [2.45, 2.75) is 4.90 Å². The second-order valence-corrected chi connectivity index (χ2v) is 7.32. The molecule has 3 rings (SSSR count). The number of fused-ring (bicyclic) bond motifs is 1. The van der Waals surface area contributed by atoms with E-state index in [0.717, 1.165) is 0 Å². The fourth-order valence-electron chi connectivity index (χ4n) is 1.98. The topological polar surface area (TPSA) is 74.8 Å². The summed E-state index contributed by atoms with van der Waals surface area (Å²) in [5, 5.41) is 1.37. The Morgan fingerprint density at radius 1 is 1.14 bits per heavy atom. The smallest absolute Gasteiger partial charge is 0.264 e. The summed E-state index contributed by atoms with van der Waals surface area (Å²) in [4.78, 5) is 6.77. The Hall–Kier alpha value is -1.47. The highest BCUT2D eigenvalue weighted by Gasteiger charge is 2.20. The van der Waals surface area contributed by atoms with Crippen molar-refractivity contribution in [1.29, 1.82) is 0 Å². The molecule has 0 unspecified atom stereocenters. The van der Waals surface area contributed by atoms with Gasteiger partial charge in [0.1, 0.15) is 10.0 Å². The highest BCUT2D eigenvalue weighted by atomic mass is 35.5. The fraction of sp³-hybridized carbons (Fsp3) is 0. The molecule has 0 aliphatic heterocycles. The summed E-state index contributed by atoms with van der Waals surface area (Å²) in [6.07, 6.45) is 2.65. The summed E-state index contributed by atoms with van der Waals surface area (Å²) in [6, 6.07) is 6.25. The molecule has 0 radical (unpaired) electrons. The van der Waals surface area contributed by atoms with Crippen molar-refractivity contribution >= 4 is 61.4 Å². The van der Waals surface area contributed by atoms with Crippen molar-refractivity contribution < 1.29 is 8.42 Å². The fourth-order valence-corrected chi connectivity index (χ4v) is 3.86. The Balaban J connectivity index is 2.05. The summed E-state index contributed by atoms with van der Waals surface area (Å²) < 4.78 is 27.4. The van der Waals surface area contributed by atoms with Crippen LogP contribution < -0.4 is 4.72 Å². The molecule has 114 valence electrons. The predicted molar refractivity (Wildman–Crippen MR) is 88.4 cm³/mol. The summed E-state index contributed by atoms with van der Waals surface area (Å²) in [5.74, 6) is 0. The van der Waals surface area contributed by atoms with Crippen LogP contribution >= 0.6 is 34.8 Å². The molecule has 1 aromatic carbocycles. The lowest BCUT2D eigenvalue weighted by molar-refractivity contribution is 0.602. The van der Waals surface area contributed by atoms with E-state index in [0.29, 0.717) is 15.9 Å². The zero-order valence-corrected chi connectivity index (χ0v) is 13.9. The monoisotopic (exact) mass is 375 g/mol. The van der Waals surface area contributed by atoms with E-state index in [2.05, 4.69) is 14.7 Å². The Bertz CT molecular complexity index is 970. The normalized spacial score (nSPS) is 11.8. The second kappa shape index (κ2) is 5.62. The lowest BCUT2D eigenvalue weighted by Gasteiger charge is -2.08. The number of hydrogen-bond acceptors (Lipinski definition) is 3. The van der Waals surface area contributed by atoms with Gasteiger partial charge in [0.05, 0.1) is 16.9 Å². The van der Waals surface area contributed by atoms with Gasteiger partial charge in [0.15, 0.2) is 0 Å². The Morgan fingerprint density at radius 2 is 1.91 bits per heavy atom. The quantitative estimate of drug-likeness (QED) is 0.668. The number of rotatable bonds is 3. The van der Waals surface area contributed by atoms with Crippen molar-refractivity contribution in [2.75, 3.05) is 4.72 Å². The van der Waals surface area contributed by atoms with Crippen LogP contribution in [0.1, 0.15) is 0 Å². The van der Waals surface area contributed by atoms with E-state index in [1.54, 1.807) is 18.2 Å². The predicted octanol–water partition coefficient (Wildman–Crippen LogP) is 4.32. The van der Waals surface area contributed by atoms with Gasteiger partial charge in [-0.25, -0.2) is 13.4 Å². The summed E-state index contributed by atoms with van der Waals surface area (Å²) in [7, 11) is -3.84. The lowest BCUT2D eigenvalue weighted by Crippen LogP contribution is -2.13. The van der Waals surface area contributed by atoms with Gasteiger partial charge in [-0.1, -0.05) is 34.8 Å². The number of hydrogen-bond donors (Lipinski definition) is 2.